The van der Waals surface area contributed by atoms with Crippen molar-refractivity contribution in [3.8, 4) is 0 Å². The van der Waals surface area contributed by atoms with Gasteiger partial charge in [0.05, 0.1) is 17.6 Å². The van der Waals surface area contributed by atoms with Gasteiger partial charge in [0.1, 0.15) is 11.5 Å². The highest BCUT2D eigenvalue weighted by molar-refractivity contribution is 7.14. The van der Waals surface area contributed by atoms with Gasteiger partial charge in [0.25, 0.3) is 5.91 Å². The number of ether oxygens (including phenoxy) is 1. The van der Waals surface area contributed by atoms with Gasteiger partial charge in [-0.1, -0.05) is 0 Å². The molecule has 1 amide bonds. The van der Waals surface area contributed by atoms with Gasteiger partial charge < -0.3 is 9.30 Å². The third-order valence-electron chi connectivity index (χ3n) is 4.85. The Labute approximate surface area is 176 Å². The van der Waals surface area contributed by atoms with E-state index in [-0.39, 0.29) is 11.6 Å². The third kappa shape index (κ3) is 4.98. The molecule has 0 saturated carbocycles. The van der Waals surface area contributed by atoms with E-state index in [4.69, 9.17) is 4.74 Å². The Balaban J connectivity index is 1.40. The van der Waals surface area contributed by atoms with Crippen LogP contribution in [0.3, 0.4) is 0 Å². The van der Waals surface area contributed by atoms with Crippen LogP contribution in [0.15, 0.2) is 36.0 Å². The summed E-state index contributed by atoms with van der Waals surface area (Å²) in [6.07, 6.45) is 7.81. The van der Waals surface area contributed by atoms with E-state index in [1.54, 1.807) is 17.5 Å². The second-order valence-corrected chi connectivity index (χ2v) is 7.85. The summed E-state index contributed by atoms with van der Waals surface area (Å²) in [5, 5.41) is 4.98. The summed E-state index contributed by atoms with van der Waals surface area (Å²) in [5.41, 5.74) is 1.13. The number of carbonyl (C=O) groups excluding carboxylic acids is 1. The smallest absolute Gasteiger partial charge is 0.274 e. The summed E-state index contributed by atoms with van der Waals surface area (Å²) in [6, 6.07) is 4.41. The highest BCUT2D eigenvalue weighted by Gasteiger charge is 2.18. The molecular weight excluding hydrogens is 410 g/mol. The van der Waals surface area contributed by atoms with Gasteiger partial charge in [-0.2, -0.15) is 0 Å². The Morgan fingerprint density at radius 3 is 2.97 bits per heavy atom. The normalized spacial score (nSPS) is 15.0. The van der Waals surface area contributed by atoms with Crippen molar-refractivity contribution in [3.63, 3.8) is 0 Å². The Hall–Kier alpha value is -2.91. The first-order chi connectivity index (χ1) is 14.6. The van der Waals surface area contributed by atoms with Crippen molar-refractivity contribution in [2.75, 3.05) is 18.5 Å². The van der Waals surface area contributed by atoms with Crippen LogP contribution in [0.4, 0.5) is 13.9 Å². The van der Waals surface area contributed by atoms with Gasteiger partial charge in [-0.05, 0) is 43.0 Å². The summed E-state index contributed by atoms with van der Waals surface area (Å²) in [5.74, 6) is -1.22. The van der Waals surface area contributed by atoms with E-state index in [0.717, 1.165) is 44.9 Å². The molecule has 3 aromatic rings. The van der Waals surface area contributed by atoms with Crippen LogP contribution < -0.4 is 5.32 Å². The Bertz CT molecular complexity index is 1060. The molecule has 1 aliphatic heterocycles. The molecule has 1 N–H and O–H groups in total. The van der Waals surface area contributed by atoms with Gasteiger partial charge >= 0.3 is 0 Å². The molecular formula is C21H20F2N4O2S. The van der Waals surface area contributed by atoms with Crippen LogP contribution in [0.25, 0.3) is 12.2 Å². The second-order valence-electron chi connectivity index (χ2n) is 6.99. The first-order valence-electron chi connectivity index (χ1n) is 9.57. The average Bonchev–Trinajstić information content (AvgIpc) is 3.37. The number of thiazole rings is 1. The summed E-state index contributed by atoms with van der Waals surface area (Å²) < 4.78 is 33.9. The monoisotopic (exact) mass is 430 g/mol. The minimum atomic E-state index is -0.750. The zero-order valence-electron chi connectivity index (χ0n) is 16.1. The maximum Gasteiger partial charge on any atom is 0.274 e. The van der Waals surface area contributed by atoms with Crippen molar-refractivity contribution in [2.24, 2.45) is 5.92 Å². The second kappa shape index (κ2) is 9.27. The highest BCUT2D eigenvalue weighted by Crippen LogP contribution is 2.21. The number of halogens is 2. The van der Waals surface area contributed by atoms with Gasteiger partial charge in [-0.25, -0.2) is 13.8 Å². The first-order valence-corrected chi connectivity index (χ1v) is 10.5. The van der Waals surface area contributed by atoms with Crippen LogP contribution in [0.5, 0.6) is 0 Å². The predicted octanol–water partition coefficient (Wildman–Crippen LogP) is 4.47. The van der Waals surface area contributed by atoms with Crippen molar-refractivity contribution in [1.82, 2.24) is 14.5 Å². The van der Waals surface area contributed by atoms with Crippen molar-refractivity contribution in [1.29, 1.82) is 0 Å². The number of rotatable bonds is 6. The zero-order chi connectivity index (χ0) is 20.9. The molecule has 1 saturated heterocycles. The van der Waals surface area contributed by atoms with E-state index in [0.29, 0.717) is 22.4 Å². The van der Waals surface area contributed by atoms with Gasteiger partial charge in [-0.3, -0.25) is 15.1 Å². The SMILES string of the molecule is O=C(Nc1nc(/C=C/c2ncc(F)cc2F)cs1)c1cccn1CC1CCOCC1. The van der Waals surface area contributed by atoms with Crippen LogP contribution in [0.2, 0.25) is 0 Å². The number of nitrogens with one attached hydrogen (secondary N) is 1. The standard InChI is InChI=1S/C21H20F2N4O2S/c22-15-10-17(23)18(24-11-15)4-3-16-13-30-21(25-16)26-20(28)19-2-1-7-27(19)12-14-5-8-29-9-6-14/h1-4,7,10-11,13-14H,5-6,8-9,12H2,(H,25,26,28)/b4-3+. The van der Waals surface area contributed by atoms with Crippen LogP contribution in [0.1, 0.15) is 34.7 Å². The molecule has 0 unspecified atom stereocenters. The van der Waals surface area contributed by atoms with Crippen molar-refractivity contribution >= 4 is 34.5 Å². The molecule has 0 aromatic carbocycles. The average molecular weight is 430 g/mol. The molecule has 3 aromatic heterocycles. The Morgan fingerprint density at radius 2 is 2.17 bits per heavy atom. The van der Waals surface area contributed by atoms with E-state index in [1.807, 2.05) is 16.8 Å². The number of carbonyl (C=O) groups is 1. The molecule has 0 radical (unpaired) electrons. The van der Waals surface area contributed by atoms with E-state index < -0.39 is 11.6 Å². The van der Waals surface area contributed by atoms with Crippen LogP contribution >= 0.6 is 11.3 Å². The van der Waals surface area contributed by atoms with Gasteiger partial charge in [0.2, 0.25) is 0 Å². The highest BCUT2D eigenvalue weighted by atomic mass is 32.1. The topological polar surface area (TPSA) is 69.0 Å². The minimum Gasteiger partial charge on any atom is -0.381 e. The summed E-state index contributed by atoms with van der Waals surface area (Å²) in [6.45, 7) is 2.31. The molecule has 6 nitrogen and oxygen atoms in total. The number of hydrogen-bond acceptors (Lipinski definition) is 5. The van der Waals surface area contributed by atoms with E-state index >= 15 is 0 Å². The molecule has 4 rings (SSSR count). The summed E-state index contributed by atoms with van der Waals surface area (Å²) >= 11 is 1.26. The van der Waals surface area contributed by atoms with Gasteiger partial charge in [-0.15, -0.1) is 11.3 Å². The molecule has 0 atom stereocenters. The number of hydrogen-bond donors (Lipinski definition) is 1. The zero-order valence-corrected chi connectivity index (χ0v) is 16.9. The molecule has 0 spiro atoms. The van der Waals surface area contributed by atoms with Crippen molar-refractivity contribution in [2.45, 2.75) is 19.4 Å². The maximum absolute atomic E-state index is 13.7. The molecule has 9 heteroatoms. The summed E-state index contributed by atoms with van der Waals surface area (Å²) in [7, 11) is 0. The van der Waals surface area contributed by atoms with Crippen LogP contribution in [0, 0.1) is 17.6 Å². The lowest BCUT2D eigenvalue weighted by molar-refractivity contribution is 0.0610. The van der Waals surface area contributed by atoms with Crippen LogP contribution in [-0.4, -0.2) is 33.7 Å². The number of pyridine rings is 1. The molecule has 156 valence electrons. The van der Waals surface area contributed by atoms with Gasteiger partial charge in [0.15, 0.2) is 10.9 Å². The Morgan fingerprint density at radius 1 is 1.33 bits per heavy atom. The summed E-state index contributed by atoms with van der Waals surface area (Å²) in [4.78, 5) is 20.7. The van der Waals surface area contributed by atoms with Crippen molar-refractivity contribution in [3.05, 3.63) is 64.7 Å². The molecule has 1 aliphatic rings. The fourth-order valence-electron chi connectivity index (χ4n) is 3.28. The number of nitrogens with zero attached hydrogens (tertiary/aromatic N) is 3. The quantitative estimate of drug-likeness (QED) is 0.627. The molecule has 0 aliphatic carbocycles. The Kier molecular flexibility index (Phi) is 6.29. The fraction of sp³-hybridized carbons (Fsp3) is 0.286. The largest absolute Gasteiger partial charge is 0.381 e. The number of anilines is 1. The number of aromatic nitrogens is 3. The lowest BCUT2D eigenvalue weighted by Gasteiger charge is -2.23. The van der Waals surface area contributed by atoms with E-state index in [1.165, 1.54) is 17.4 Å². The molecule has 30 heavy (non-hydrogen) atoms. The maximum atomic E-state index is 13.7. The molecule has 4 heterocycles. The van der Waals surface area contributed by atoms with Crippen LogP contribution in [-0.2, 0) is 11.3 Å². The lowest BCUT2D eigenvalue weighted by Crippen LogP contribution is -2.23. The predicted molar refractivity (Wildman–Crippen MR) is 111 cm³/mol. The number of amides is 1. The van der Waals surface area contributed by atoms with Crippen molar-refractivity contribution < 1.29 is 18.3 Å². The van der Waals surface area contributed by atoms with E-state index in [2.05, 4.69) is 15.3 Å². The lowest BCUT2D eigenvalue weighted by atomic mass is 10.0. The van der Waals surface area contributed by atoms with E-state index in [9.17, 15) is 13.6 Å². The third-order valence-corrected chi connectivity index (χ3v) is 5.62. The van der Waals surface area contributed by atoms with Gasteiger partial charge in [0, 0.05) is 37.4 Å². The fourth-order valence-corrected chi connectivity index (χ4v) is 3.95. The molecule has 0 bridgehead atoms. The first kappa shape index (κ1) is 20.4. The molecule has 1 fully saturated rings. The minimum absolute atomic E-state index is 0.0147.